The number of hydrogen-bond acceptors (Lipinski definition) is 4. The van der Waals surface area contributed by atoms with E-state index in [1.807, 2.05) is 0 Å². The van der Waals surface area contributed by atoms with Crippen LogP contribution in [-0.4, -0.2) is 31.0 Å². The van der Waals surface area contributed by atoms with Gasteiger partial charge >= 0.3 is 12.3 Å². The van der Waals surface area contributed by atoms with Crippen molar-refractivity contribution in [1.29, 1.82) is 0 Å². The average Bonchev–Trinajstić information content (AvgIpc) is 3.26. The number of rotatable bonds is 3. The summed E-state index contributed by atoms with van der Waals surface area (Å²) in [4.78, 5) is 17.9. The molecule has 4 rings (SSSR count). The molecule has 10 heteroatoms. The van der Waals surface area contributed by atoms with E-state index in [9.17, 15) is 18.0 Å². The van der Waals surface area contributed by atoms with Gasteiger partial charge in [0.2, 0.25) is 5.95 Å². The van der Waals surface area contributed by atoms with Crippen LogP contribution in [0.1, 0.15) is 5.56 Å². The van der Waals surface area contributed by atoms with Crippen LogP contribution in [0.2, 0.25) is 0 Å². The van der Waals surface area contributed by atoms with Gasteiger partial charge in [-0.2, -0.15) is 18.3 Å². The average molecular weight is 388 g/mol. The molecule has 2 N–H and O–H groups in total. The number of hydrogen-bond donors (Lipinski definition) is 2. The summed E-state index contributed by atoms with van der Waals surface area (Å²) in [7, 11) is 0. The predicted octanol–water partition coefficient (Wildman–Crippen LogP) is 4.49. The SMILES string of the molecule is O=C(O)Oc1cnn(-c2nc3cc(-c4cccc(C(F)(F)F)c4)ccc3[nH]2)c1. The zero-order chi connectivity index (χ0) is 19.9. The minimum absolute atomic E-state index is 0.0256. The van der Waals surface area contributed by atoms with Crippen molar-refractivity contribution in [3.05, 3.63) is 60.4 Å². The van der Waals surface area contributed by atoms with Crippen molar-refractivity contribution in [1.82, 2.24) is 19.7 Å². The molecule has 142 valence electrons. The molecular weight excluding hydrogens is 377 g/mol. The summed E-state index contributed by atoms with van der Waals surface area (Å²) in [5, 5.41) is 12.6. The number of aromatic amines is 1. The molecule has 0 aliphatic rings. The van der Waals surface area contributed by atoms with Crippen molar-refractivity contribution in [2.24, 2.45) is 0 Å². The van der Waals surface area contributed by atoms with Crippen molar-refractivity contribution >= 4 is 17.2 Å². The maximum atomic E-state index is 12.9. The van der Waals surface area contributed by atoms with Crippen LogP contribution in [0, 0.1) is 0 Å². The standard InChI is InChI=1S/C18H11F3N4O3/c19-18(20,21)12-3-1-2-10(6-12)11-4-5-14-15(7-11)24-16(23-14)25-9-13(8-22-25)28-17(26)27/h1-9H,(H,23,24)(H,26,27). The summed E-state index contributed by atoms with van der Waals surface area (Å²) in [5.41, 5.74) is 1.42. The van der Waals surface area contributed by atoms with Crippen LogP contribution in [-0.2, 0) is 6.18 Å². The highest BCUT2D eigenvalue weighted by atomic mass is 19.4. The molecule has 0 unspecified atom stereocenters. The first-order valence-corrected chi connectivity index (χ1v) is 7.93. The number of aromatic nitrogens is 4. The zero-order valence-corrected chi connectivity index (χ0v) is 13.9. The fourth-order valence-electron chi connectivity index (χ4n) is 2.73. The summed E-state index contributed by atoms with van der Waals surface area (Å²) in [6, 6.07) is 10.1. The van der Waals surface area contributed by atoms with E-state index in [-0.39, 0.29) is 5.75 Å². The maximum Gasteiger partial charge on any atom is 0.511 e. The molecule has 0 spiro atoms. The van der Waals surface area contributed by atoms with Crippen LogP contribution < -0.4 is 4.74 Å². The largest absolute Gasteiger partial charge is 0.511 e. The molecule has 7 nitrogen and oxygen atoms in total. The number of nitrogens with zero attached hydrogens (tertiary/aromatic N) is 3. The fraction of sp³-hybridized carbons (Fsp3) is 0.0556. The van der Waals surface area contributed by atoms with Gasteiger partial charge in [-0.1, -0.05) is 18.2 Å². The van der Waals surface area contributed by atoms with Crippen LogP contribution in [0.4, 0.5) is 18.0 Å². The number of carbonyl (C=O) groups is 1. The number of alkyl halides is 3. The molecular formula is C18H11F3N4O3. The minimum Gasteiger partial charge on any atom is -0.449 e. The normalized spacial score (nSPS) is 11.7. The smallest absolute Gasteiger partial charge is 0.449 e. The quantitative estimate of drug-likeness (QED) is 0.505. The Morgan fingerprint density at radius 3 is 2.68 bits per heavy atom. The zero-order valence-electron chi connectivity index (χ0n) is 13.9. The molecule has 28 heavy (non-hydrogen) atoms. The van der Waals surface area contributed by atoms with Crippen LogP contribution in [0.25, 0.3) is 28.1 Å². The Labute approximate surface area is 155 Å². The Morgan fingerprint density at radius 1 is 1.14 bits per heavy atom. The molecule has 0 aliphatic carbocycles. The van der Waals surface area contributed by atoms with E-state index in [1.54, 1.807) is 24.3 Å². The Morgan fingerprint density at radius 2 is 1.93 bits per heavy atom. The number of nitrogens with one attached hydrogen (secondary N) is 1. The second-order valence-corrected chi connectivity index (χ2v) is 5.86. The third-order valence-corrected chi connectivity index (χ3v) is 3.97. The van der Waals surface area contributed by atoms with E-state index < -0.39 is 17.9 Å². The molecule has 2 heterocycles. The van der Waals surface area contributed by atoms with E-state index in [0.29, 0.717) is 28.1 Å². The molecule has 0 saturated carbocycles. The third-order valence-electron chi connectivity index (χ3n) is 3.97. The number of halogens is 3. The van der Waals surface area contributed by atoms with Crippen molar-refractivity contribution in [2.75, 3.05) is 0 Å². The number of benzene rings is 2. The molecule has 0 saturated heterocycles. The highest BCUT2D eigenvalue weighted by molar-refractivity contribution is 5.82. The number of imidazole rings is 1. The lowest BCUT2D eigenvalue weighted by molar-refractivity contribution is -0.137. The first-order chi connectivity index (χ1) is 13.3. The summed E-state index contributed by atoms with van der Waals surface area (Å²) < 4.78 is 44.6. The highest BCUT2D eigenvalue weighted by Gasteiger charge is 2.30. The topological polar surface area (TPSA) is 93.0 Å². The first kappa shape index (κ1) is 17.6. The lowest BCUT2D eigenvalue weighted by Crippen LogP contribution is -2.04. The van der Waals surface area contributed by atoms with Crippen LogP contribution in [0.3, 0.4) is 0 Å². The monoisotopic (exact) mass is 388 g/mol. The van der Waals surface area contributed by atoms with Gasteiger partial charge in [-0.3, -0.25) is 0 Å². The van der Waals surface area contributed by atoms with Crippen LogP contribution in [0.15, 0.2) is 54.9 Å². The summed E-state index contributed by atoms with van der Waals surface area (Å²) >= 11 is 0. The number of fused-ring (bicyclic) bond motifs is 1. The molecule has 0 radical (unpaired) electrons. The van der Waals surface area contributed by atoms with Gasteiger partial charge in [0.25, 0.3) is 0 Å². The molecule has 0 aliphatic heterocycles. The molecule has 4 aromatic rings. The Kier molecular flexibility index (Phi) is 4.03. The van der Waals surface area contributed by atoms with Gasteiger partial charge in [0.15, 0.2) is 5.75 Å². The highest BCUT2D eigenvalue weighted by Crippen LogP contribution is 2.32. The lowest BCUT2D eigenvalue weighted by Gasteiger charge is -2.08. The Hall–Kier alpha value is -3.82. The maximum absolute atomic E-state index is 12.9. The minimum atomic E-state index is -4.42. The van der Waals surface area contributed by atoms with E-state index in [0.717, 1.165) is 12.1 Å². The van der Waals surface area contributed by atoms with E-state index in [4.69, 9.17) is 5.11 Å². The molecule has 2 aromatic carbocycles. The van der Waals surface area contributed by atoms with Crippen molar-refractivity contribution in [3.8, 4) is 22.8 Å². The summed E-state index contributed by atoms with van der Waals surface area (Å²) in [6.45, 7) is 0. The van der Waals surface area contributed by atoms with Gasteiger partial charge in [-0.05, 0) is 35.4 Å². The predicted molar refractivity (Wildman–Crippen MR) is 92.3 cm³/mol. The van der Waals surface area contributed by atoms with Crippen molar-refractivity contribution < 1.29 is 27.8 Å². The second-order valence-electron chi connectivity index (χ2n) is 5.86. The Bertz CT molecular complexity index is 1180. The lowest BCUT2D eigenvalue weighted by atomic mass is 10.0. The number of ether oxygens (including phenoxy) is 1. The van der Waals surface area contributed by atoms with Gasteiger partial charge in [0.1, 0.15) is 0 Å². The second kappa shape index (κ2) is 6.41. The van der Waals surface area contributed by atoms with E-state index >= 15 is 0 Å². The number of H-pyrrole nitrogens is 1. The summed E-state index contributed by atoms with van der Waals surface area (Å²) in [5.74, 6) is 0.328. The molecule has 2 aromatic heterocycles. The van der Waals surface area contributed by atoms with Crippen molar-refractivity contribution in [2.45, 2.75) is 6.18 Å². The van der Waals surface area contributed by atoms with E-state index in [2.05, 4.69) is 19.8 Å². The fourth-order valence-corrected chi connectivity index (χ4v) is 2.73. The van der Waals surface area contributed by atoms with Gasteiger partial charge in [0.05, 0.1) is 29.0 Å². The van der Waals surface area contributed by atoms with Crippen LogP contribution in [0.5, 0.6) is 5.75 Å². The molecule has 0 bridgehead atoms. The van der Waals surface area contributed by atoms with Crippen LogP contribution >= 0.6 is 0 Å². The first-order valence-electron chi connectivity index (χ1n) is 7.93. The third kappa shape index (κ3) is 3.39. The van der Waals surface area contributed by atoms with Gasteiger partial charge in [-0.25, -0.2) is 14.5 Å². The van der Waals surface area contributed by atoms with Gasteiger partial charge in [0, 0.05) is 0 Å². The van der Waals surface area contributed by atoms with Gasteiger partial charge in [-0.15, -0.1) is 0 Å². The summed E-state index contributed by atoms with van der Waals surface area (Å²) in [6.07, 6.45) is -3.33. The molecule has 0 amide bonds. The Balaban J connectivity index is 1.69. The molecule has 0 fully saturated rings. The van der Waals surface area contributed by atoms with E-state index in [1.165, 1.54) is 23.1 Å². The van der Waals surface area contributed by atoms with Crippen molar-refractivity contribution in [3.63, 3.8) is 0 Å². The number of carboxylic acid groups (broad SMARTS) is 1. The molecule has 0 atom stereocenters. The van der Waals surface area contributed by atoms with Gasteiger partial charge < -0.3 is 14.8 Å².